The molecule has 0 atom stereocenters. The van der Waals surface area contributed by atoms with E-state index in [1.807, 2.05) is 56.3 Å². The average Bonchev–Trinajstić information content (AvgIpc) is 2.82. The van der Waals surface area contributed by atoms with Crippen LogP contribution in [0.15, 0.2) is 46.9 Å². The third-order valence-electron chi connectivity index (χ3n) is 3.47. The third kappa shape index (κ3) is 2.54. The van der Waals surface area contributed by atoms with Gasteiger partial charge in [0.05, 0.1) is 5.69 Å². The fourth-order valence-corrected chi connectivity index (χ4v) is 2.13. The molecule has 0 saturated carbocycles. The number of hydrogen-bond acceptors (Lipinski definition) is 5. The lowest BCUT2D eigenvalue weighted by Gasteiger charge is -2.03. The summed E-state index contributed by atoms with van der Waals surface area (Å²) in [6.07, 6.45) is 0. The molecule has 1 aromatic carbocycles. The highest BCUT2D eigenvalue weighted by Crippen LogP contribution is 2.27. The van der Waals surface area contributed by atoms with E-state index < -0.39 is 0 Å². The summed E-state index contributed by atoms with van der Waals surface area (Å²) in [5.74, 6) is 1.65. The summed E-state index contributed by atoms with van der Waals surface area (Å²) in [4.78, 5) is 0. The smallest absolute Gasteiger partial charge is 0.216 e. The first kappa shape index (κ1) is 13.8. The second kappa shape index (κ2) is 5.70. The van der Waals surface area contributed by atoms with Crippen LogP contribution >= 0.6 is 0 Å². The van der Waals surface area contributed by atoms with Crippen LogP contribution in [-0.2, 0) is 0 Å². The Hall–Kier alpha value is -3.13. The Morgan fingerprint density at radius 2 is 1.82 bits per heavy atom. The van der Waals surface area contributed by atoms with Gasteiger partial charge in [0.15, 0.2) is 5.82 Å². The maximum Gasteiger partial charge on any atom is 0.216 e. The molecule has 5 nitrogen and oxygen atoms in total. The Kier molecular flexibility index (Phi) is 3.58. The minimum Gasteiger partial charge on any atom is -0.444 e. The van der Waals surface area contributed by atoms with Crippen LogP contribution in [0.1, 0.15) is 16.9 Å². The molecule has 108 valence electrons. The number of nitriles is 1. The molecule has 3 aromatic rings. The standard InChI is InChI=1S/C17H14N4O/c1-11-12(2)22-17(14(11)10-18)19-16-9-8-15(20-21-16)13-6-4-3-5-7-13/h3-9H,1-2H3,(H,19,21). The SMILES string of the molecule is Cc1oc(Nc2ccc(-c3ccccc3)nn2)c(C#N)c1C. The normalized spacial score (nSPS) is 10.2. The van der Waals surface area contributed by atoms with Crippen molar-refractivity contribution in [3.8, 4) is 17.3 Å². The molecule has 0 radical (unpaired) electrons. The van der Waals surface area contributed by atoms with Crippen LogP contribution in [0, 0.1) is 25.2 Å². The van der Waals surface area contributed by atoms with Gasteiger partial charge in [-0.3, -0.25) is 0 Å². The quantitative estimate of drug-likeness (QED) is 0.790. The number of hydrogen-bond donors (Lipinski definition) is 1. The first-order valence-corrected chi connectivity index (χ1v) is 6.85. The van der Waals surface area contributed by atoms with Gasteiger partial charge in [0, 0.05) is 11.1 Å². The summed E-state index contributed by atoms with van der Waals surface area (Å²) in [6.45, 7) is 3.68. The lowest BCUT2D eigenvalue weighted by atomic mass is 10.1. The van der Waals surface area contributed by atoms with Crippen molar-refractivity contribution in [2.24, 2.45) is 0 Å². The lowest BCUT2D eigenvalue weighted by Crippen LogP contribution is -1.97. The van der Waals surface area contributed by atoms with Gasteiger partial charge >= 0.3 is 0 Å². The van der Waals surface area contributed by atoms with E-state index in [1.54, 1.807) is 0 Å². The van der Waals surface area contributed by atoms with Gasteiger partial charge in [0.25, 0.3) is 0 Å². The van der Waals surface area contributed by atoms with E-state index in [9.17, 15) is 5.26 Å². The van der Waals surface area contributed by atoms with Gasteiger partial charge in [-0.05, 0) is 26.0 Å². The van der Waals surface area contributed by atoms with Crippen molar-refractivity contribution < 1.29 is 4.42 Å². The second-order valence-electron chi connectivity index (χ2n) is 4.89. The summed E-state index contributed by atoms with van der Waals surface area (Å²) in [5.41, 5.74) is 3.12. The molecular weight excluding hydrogens is 276 g/mol. The van der Waals surface area contributed by atoms with E-state index in [0.29, 0.717) is 23.0 Å². The Labute approximate surface area is 128 Å². The molecule has 1 N–H and O–H groups in total. The van der Waals surface area contributed by atoms with Crippen LogP contribution in [0.2, 0.25) is 0 Å². The molecule has 22 heavy (non-hydrogen) atoms. The summed E-state index contributed by atoms with van der Waals surface area (Å²) >= 11 is 0. The average molecular weight is 290 g/mol. The van der Waals surface area contributed by atoms with E-state index >= 15 is 0 Å². The van der Waals surface area contributed by atoms with Crippen LogP contribution in [-0.4, -0.2) is 10.2 Å². The van der Waals surface area contributed by atoms with E-state index in [1.165, 1.54) is 0 Å². The van der Waals surface area contributed by atoms with Gasteiger partial charge in [0.2, 0.25) is 5.88 Å². The largest absolute Gasteiger partial charge is 0.444 e. The summed E-state index contributed by atoms with van der Waals surface area (Å²) < 4.78 is 5.55. The van der Waals surface area contributed by atoms with Gasteiger partial charge in [-0.2, -0.15) is 5.26 Å². The minimum absolute atomic E-state index is 0.402. The molecule has 3 rings (SSSR count). The van der Waals surface area contributed by atoms with Gasteiger partial charge < -0.3 is 9.73 Å². The van der Waals surface area contributed by atoms with Crippen molar-refractivity contribution in [1.82, 2.24) is 10.2 Å². The zero-order valence-corrected chi connectivity index (χ0v) is 12.3. The van der Waals surface area contributed by atoms with Crippen LogP contribution in [0.4, 0.5) is 11.7 Å². The number of benzene rings is 1. The van der Waals surface area contributed by atoms with Crippen molar-refractivity contribution in [1.29, 1.82) is 5.26 Å². The maximum atomic E-state index is 9.20. The van der Waals surface area contributed by atoms with Crippen LogP contribution in [0.25, 0.3) is 11.3 Å². The van der Waals surface area contributed by atoms with E-state index in [2.05, 4.69) is 21.6 Å². The van der Waals surface area contributed by atoms with Crippen LogP contribution in [0.5, 0.6) is 0 Å². The zero-order valence-electron chi connectivity index (χ0n) is 12.3. The fourth-order valence-electron chi connectivity index (χ4n) is 2.13. The van der Waals surface area contributed by atoms with Crippen molar-refractivity contribution >= 4 is 11.7 Å². The molecule has 0 saturated heterocycles. The Morgan fingerprint density at radius 1 is 1.05 bits per heavy atom. The first-order chi connectivity index (χ1) is 10.7. The minimum atomic E-state index is 0.402. The zero-order chi connectivity index (χ0) is 15.5. The van der Waals surface area contributed by atoms with Crippen molar-refractivity contribution in [3.05, 3.63) is 59.4 Å². The number of anilines is 2. The number of furan rings is 1. The van der Waals surface area contributed by atoms with Gasteiger partial charge in [-0.1, -0.05) is 30.3 Å². The summed E-state index contributed by atoms with van der Waals surface area (Å²) in [6, 6.07) is 15.6. The number of nitrogens with one attached hydrogen (secondary N) is 1. The molecule has 2 heterocycles. The highest BCUT2D eigenvalue weighted by Gasteiger charge is 2.14. The molecule has 0 spiro atoms. The topological polar surface area (TPSA) is 74.7 Å². The Balaban J connectivity index is 1.86. The van der Waals surface area contributed by atoms with Crippen LogP contribution in [0.3, 0.4) is 0 Å². The number of nitrogens with zero attached hydrogens (tertiary/aromatic N) is 3. The summed E-state index contributed by atoms with van der Waals surface area (Å²) in [7, 11) is 0. The predicted molar refractivity (Wildman–Crippen MR) is 83.6 cm³/mol. The van der Waals surface area contributed by atoms with Crippen molar-refractivity contribution in [2.75, 3.05) is 5.32 Å². The second-order valence-corrected chi connectivity index (χ2v) is 4.89. The molecule has 0 aliphatic heterocycles. The number of aryl methyl sites for hydroxylation is 1. The van der Waals surface area contributed by atoms with E-state index in [0.717, 1.165) is 16.8 Å². The molecule has 0 amide bonds. The first-order valence-electron chi connectivity index (χ1n) is 6.85. The maximum absolute atomic E-state index is 9.20. The highest BCUT2D eigenvalue weighted by atomic mass is 16.4. The molecule has 0 aliphatic rings. The van der Waals surface area contributed by atoms with Crippen molar-refractivity contribution in [3.63, 3.8) is 0 Å². The third-order valence-corrected chi connectivity index (χ3v) is 3.47. The lowest BCUT2D eigenvalue weighted by molar-refractivity contribution is 0.547. The molecule has 5 heteroatoms. The molecule has 0 aliphatic carbocycles. The van der Waals surface area contributed by atoms with Gasteiger partial charge in [-0.25, -0.2) is 0 Å². The summed E-state index contributed by atoms with van der Waals surface area (Å²) in [5, 5.41) is 20.5. The molecule has 0 bridgehead atoms. The molecule has 0 fully saturated rings. The Bertz CT molecular complexity index is 830. The van der Waals surface area contributed by atoms with Crippen molar-refractivity contribution in [2.45, 2.75) is 13.8 Å². The van der Waals surface area contributed by atoms with Crippen LogP contribution < -0.4 is 5.32 Å². The molecular formula is C17H14N4O. The van der Waals surface area contributed by atoms with Gasteiger partial charge in [0.1, 0.15) is 17.4 Å². The molecule has 2 aromatic heterocycles. The Morgan fingerprint density at radius 3 is 2.45 bits per heavy atom. The van der Waals surface area contributed by atoms with E-state index in [-0.39, 0.29) is 0 Å². The number of rotatable bonds is 3. The number of aromatic nitrogens is 2. The molecule has 0 unspecified atom stereocenters. The predicted octanol–water partition coefficient (Wildman–Crippen LogP) is 3.97. The highest BCUT2D eigenvalue weighted by molar-refractivity contribution is 5.64. The monoisotopic (exact) mass is 290 g/mol. The van der Waals surface area contributed by atoms with Gasteiger partial charge in [-0.15, -0.1) is 10.2 Å². The fraction of sp³-hybridized carbons (Fsp3) is 0.118. The van der Waals surface area contributed by atoms with E-state index in [4.69, 9.17) is 4.42 Å².